The molecule has 1 saturated carbocycles. The second-order valence-electron chi connectivity index (χ2n) is 11.6. The number of nitrogens with zero attached hydrogens (tertiary/aromatic N) is 1. The molecule has 46 heavy (non-hydrogen) atoms. The number of ether oxygens (including phenoxy) is 3. The molecule has 3 amide bonds. The Morgan fingerprint density at radius 2 is 1.65 bits per heavy atom. The molecule has 1 aliphatic heterocycles. The molecule has 0 radical (unpaired) electrons. The van der Waals surface area contributed by atoms with Crippen molar-refractivity contribution in [3.05, 3.63) is 89.0 Å². The van der Waals surface area contributed by atoms with Gasteiger partial charge in [-0.2, -0.15) is 0 Å². The lowest BCUT2D eigenvalue weighted by atomic mass is 9.98. The van der Waals surface area contributed by atoms with Crippen LogP contribution in [0.15, 0.2) is 71.6 Å². The van der Waals surface area contributed by atoms with Crippen LogP contribution in [0.3, 0.4) is 0 Å². The highest BCUT2D eigenvalue weighted by atomic mass is 32.2. The monoisotopic (exact) mass is 643 g/mol. The average Bonchev–Trinajstić information content (AvgIpc) is 3.68. The zero-order chi connectivity index (χ0) is 32.6. The summed E-state index contributed by atoms with van der Waals surface area (Å²) in [6, 6.07) is 19.0. The second kappa shape index (κ2) is 12.2. The molecule has 240 valence electrons. The Kier molecular flexibility index (Phi) is 8.28. The lowest BCUT2D eigenvalue weighted by molar-refractivity contribution is 0.0997. The zero-order valence-electron chi connectivity index (χ0n) is 26.3. The van der Waals surface area contributed by atoms with E-state index >= 15 is 0 Å². The van der Waals surface area contributed by atoms with Crippen molar-refractivity contribution < 1.29 is 32.2 Å². The van der Waals surface area contributed by atoms with Crippen molar-refractivity contribution in [3.8, 4) is 17.2 Å². The predicted octanol–water partition coefficient (Wildman–Crippen LogP) is 5.88. The van der Waals surface area contributed by atoms with E-state index in [1.54, 1.807) is 17.0 Å². The second-order valence-corrected chi connectivity index (χ2v) is 13.3. The molecule has 0 spiro atoms. The first-order valence-electron chi connectivity index (χ1n) is 15.3. The number of carbonyl (C=O) groups is 2. The molecule has 0 atom stereocenters. The molecule has 0 bridgehead atoms. The van der Waals surface area contributed by atoms with E-state index in [2.05, 4.69) is 10.0 Å². The number of para-hydroxylation sites is 1. The summed E-state index contributed by atoms with van der Waals surface area (Å²) in [7, 11) is -2.76. The Balaban J connectivity index is 1.21. The number of anilines is 1. The van der Waals surface area contributed by atoms with Gasteiger partial charge in [0.05, 0.1) is 32.4 Å². The van der Waals surface area contributed by atoms with Gasteiger partial charge >= 0.3 is 6.03 Å². The number of hydrogen-bond donors (Lipinski definition) is 2. The smallest absolute Gasteiger partial charge is 0.329 e. The zero-order valence-corrected chi connectivity index (χ0v) is 27.1. The van der Waals surface area contributed by atoms with E-state index in [0.717, 1.165) is 33.2 Å². The first kappa shape index (κ1) is 31.2. The molecule has 1 heterocycles. The number of sulfonamides is 1. The number of amides is 3. The van der Waals surface area contributed by atoms with Crippen LogP contribution in [-0.4, -0.2) is 46.2 Å². The number of fused-ring (bicyclic) bond motifs is 3. The maximum Gasteiger partial charge on any atom is 0.329 e. The van der Waals surface area contributed by atoms with Crippen molar-refractivity contribution in [1.29, 1.82) is 0 Å². The third-order valence-corrected chi connectivity index (χ3v) is 9.85. The number of methoxy groups -OCH3 is 1. The highest BCUT2D eigenvalue weighted by molar-refractivity contribution is 7.90. The molecule has 1 fully saturated rings. The quantitative estimate of drug-likeness (QED) is 0.209. The number of carbonyl (C=O) groups excluding carboxylic acids is 2. The number of nitrogens with one attached hydrogen (secondary N) is 2. The van der Waals surface area contributed by atoms with Crippen LogP contribution >= 0.6 is 0 Å². The van der Waals surface area contributed by atoms with Crippen LogP contribution in [0.2, 0.25) is 0 Å². The van der Waals surface area contributed by atoms with Crippen LogP contribution in [-0.2, 0) is 23.0 Å². The highest BCUT2D eigenvalue weighted by Gasteiger charge is 2.45. The summed E-state index contributed by atoms with van der Waals surface area (Å²) >= 11 is 0. The minimum absolute atomic E-state index is 0.113. The lowest BCUT2D eigenvalue weighted by Gasteiger charge is -2.22. The topological polar surface area (TPSA) is 123 Å². The Morgan fingerprint density at radius 3 is 2.35 bits per heavy atom. The fourth-order valence-corrected chi connectivity index (χ4v) is 7.33. The number of rotatable bonds is 11. The van der Waals surface area contributed by atoms with Gasteiger partial charge in [0.25, 0.3) is 15.9 Å². The molecule has 2 aliphatic rings. The summed E-state index contributed by atoms with van der Waals surface area (Å²) in [4.78, 5) is 28.6. The van der Waals surface area contributed by atoms with Crippen LogP contribution < -0.4 is 29.1 Å². The standard InChI is InChI=1S/C35H37N3O7S/c1-5-44-28-12-9-10-24-19-29(45-6-2)25-21-38(33(39)32(25)31(24)28)26-15-14-23(18-22(26)3)20-35(16-17-35)36-34(40)37-46(41,42)30-13-8-7-11-27(30)43-4/h7-15,18-19H,5-6,16-17,20-21H2,1-4H3,(H2,36,37,40). The summed E-state index contributed by atoms with van der Waals surface area (Å²) in [5.41, 5.74) is 3.54. The number of aryl methyl sites for hydroxylation is 1. The molecule has 0 unspecified atom stereocenters. The number of benzene rings is 4. The molecule has 6 rings (SSSR count). The summed E-state index contributed by atoms with van der Waals surface area (Å²) in [5.74, 6) is 1.40. The summed E-state index contributed by atoms with van der Waals surface area (Å²) in [5, 5.41) is 4.55. The SMILES string of the molecule is CCOc1cc2cccc(OCC)c2c2c1CN(c1ccc(CC3(NC(=O)NS(=O)(=O)c4ccccc4OC)CC3)cc1C)C2=O. The molecule has 2 N–H and O–H groups in total. The fourth-order valence-electron chi connectivity index (χ4n) is 6.25. The molecular formula is C35H37N3O7S. The van der Waals surface area contributed by atoms with Crippen LogP contribution in [0.4, 0.5) is 10.5 Å². The van der Waals surface area contributed by atoms with E-state index in [4.69, 9.17) is 14.2 Å². The van der Waals surface area contributed by atoms with Crippen LogP contribution in [0.5, 0.6) is 17.2 Å². The van der Waals surface area contributed by atoms with Crippen molar-refractivity contribution in [2.45, 2.75) is 57.0 Å². The highest BCUT2D eigenvalue weighted by Crippen LogP contribution is 2.44. The molecule has 0 aromatic heterocycles. The first-order valence-corrected chi connectivity index (χ1v) is 16.8. The molecule has 4 aromatic carbocycles. The lowest BCUT2D eigenvalue weighted by Crippen LogP contribution is -2.46. The molecular weight excluding hydrogens is 606 g/mol. The van der Waals surface area contributed by atoms with Crippen LogP contribution in [0, 0.1) is 6.92 Å². The van der Waals surface area contributed by atoms with E-state index in [1.807, 2.05) is 63.2 Å². The van der Waals surface area contributed by atoms with E-state index < -0.39 is 21.6 Å². The van der Waals surface area contributed by atoms with Gasteiger partial charge in [-0.3, -0.25) is 4.79 Å². The Hall–Kier alpha value is -4.77. The van der Waals surface area contributed by atoms with Gasteiger partial charge in [0, 0.05) is 22.2 Å². The van der Waals surface area contributed by atoms with Crippen molar-refractivity contribution in [1.82, 2.24) is 10.0 Å². The number of hydrogen-bond acceptors (Lipinski definition) is 7. The number of urea groups is 1. The molecule has 1 aliphatic carbocycles. The maximum atomic E-state index is 14.1. The Labute approximate surface area is 268 Å². The van der Waals surface area contributed by atoms with Gasteiger partial charge in [0.2, 0.25) is 0 Å². The average molecular weight is 644 g/mol. The van der Waals surface area contributed by atoms with Crippen molar-refractivity contribution in [2.75, 3.05) is 25.2 Å². The van der Waals surface area contributed by atoms with E-state index in [0.29, 0.717) is 56.1 Å². The van der Waals surface area contributed by atoms with Crippen LogP contribution in [0.1, 0.15) is 53.7 Å². The van der Waals surface area contributed by atoms with E-state index in [9.17, 15) is 18.0 Å². The summed E-state index contributed by atoms with van der Waals surface area (Å²) < 4.78 is 45.0. The third kappa shape index (κ3) is 5.82. The van der Waals surface area contributed by atoms with Gasteiger partial charge in [-0.25, -0.2) is 17.9 Å². The van der Waals surface area contributed by atoms with E-state index in [-0.39, 0.29) is 16.6 Å². The van der Waals surface area contributed by atoms with Crippen LogP contribution in [0.25, 0.3) is 10.8 Å². The third-order valence-electron chi connectivity index (χ3n) is 8.48. The van der Waals surface area contributed by atoms with Gasteiger partial charge in [-0.1, -0.05) is 36.4 Å². The Bertz CT molecular complexity index is 1950. The minimum Gasteiger partial charge on any atom is -0.495 e. The van der Waals surface area contributed by atoms with Gasteiger partial charge < -0.3 is 24.4 Å². The molecule has 11 heteroatoms. The minimum atomic E-state index is -4.14. The normalized spacial score (nSPS) is 15.0. The van der Waals surface area contributed by atoms with E-state index in [1.165, 1.54) is 19.2 Å². The summed E-state index contributed by atoms with van der Waals surface area (Å²) in [6.07, 6.45) is 1.94. The Morgan fingerprint density at radius 1 is 0.935 bits per heavy atom. The first-order chi connectivity index (χ1) is 22.1. The molecule has 0 saturated heterocycles. The molecule has 10 nitrogen and oxygen atoms in total. The summed E-state index contributed by atoms with van der Waals surface area (Å²) in [6.45, 7) is 7.13. The van der Waals surface area contributed by atoms with Crippen molar-refractivity contribution >= 4 is 38.4 Å². The largest absolute Gasteiger partial charge is 0.495 e. The molecule has 4 aromatic rings. The van der Waals surface area contributed by atoms with Gasteiger partial charge in [0.15, 0.2) is 0 Å². The van der Waals surface area contributed by atoms with Gasteiger partial charge in [0.1, 0.15) is 22.1 Å². The van der Waals surface area contributed by atoms with Crippen molar-refractivity contribution in [3.63, 3.8) is 0 Å². The fraction of sp³-hybridized carbons (Fsp3) is 0.314. The maximum absolute atomic E-state index is 14.1. The van der Waals surface area contributed by atoms with Gasteiger partial charge in [-0.05, 0) is 86.9 Å². The van der Waals surface area contributed by atoms with Gasteiger partial charge in [-0.15, -0.1) is 0 Å². The van der Waals surface area contributed by atoms with Crippen molar-refractivity contribution in [2.24, 2.45) is 0 Å². The predicted molar refractivity (Wildman–Crippen MR) is 175 cm³/mol.